The molecule has 1 amide bonds. The number of hydrogen-bond acceptors (Lipinski definition) is 6. The number of aromatic nitrogens is 3. The lowest BCUT2D eigenvalue weighted by Gasteiger charge is -2.20. The van der Waals surface area contributed by atoms with Crippen LogP contribution >= 0.6 is 0 Å². The van der Waals surface area contributed by atoms with E-state index in [0.29, 0.717) is 42.4 Å². The van der Waals surface area contributed by atoms with Gasteiger partial charge in [0.1, 0.15) is 18.0 Å². The van der Waals surface area contributed by atoms with Crippen LogP contribution in [0.15, 0.2) is 42.9 Å². The Morgan fingerprint density at radius 1 is 1.20 bits per heavy atom. The summed E-state index contributed by atoms with van der Waals surface area (Å²) in [5, 5.41) is 2.98. The van der Waals surface area contributed by atoms with Crippen LogP contribution in [0.3, 0.4) is 0 Å². The number of aryl methyl sites for hydroxylation is 1. The predicted molar refractivity (Wildman–Crippen MR) is 135 cm³/mol. The standard InChI is InChI=1S/C27H29FN6O/c1-5-24-22(9-6-18-7-11-25(29-2)30-15-18)26(32-17-31-24)19-8-10-21(23(28)14-19)27(35)34-13-12-20(16-34)33(3)4/h7-8,10-11,14-15,17,20H,5,12-13,16H2,1-4H3,(H,29,30)/t20-/m0/s1. The number of halogens is 1. The minimum Gasteiger partial charge on any atom is -0.373 e. The topological polar surface area (TPSA) is 74.2 Å². The normalized spacial score (nSPS) is 15.1. The van der Waals surface area contributed by atoms with Gasteiger partial charge in [-0.25, -0.2) is 19.3 Å². The van der Waals surface area contributed by atoms with Crippen molar-refractivity contribution in [3.8, 4) is 23.1 Å². The Morgan fingerprint density at radius 3 is 2.66 bits per heavy atom. The molecule has 1 aliphatic rings. The molecule has 0 bridgehead atoms. The molecule has 0 radical (unpaired) electrons. The number of rotatable bonds is 5. The van der Waals surface area contributed by atoms with Crippen LogP contribution in [-0.2, 0) is 6.42 Å². The number of nitrogens with zero attached hydrogens (tertiary/aromatic N) is 5. The van der Waals surface area contributed by atoms with Gasteiger partial charge in [0.15, 0.2) is 0 Å². The smallest absolute Gasteiger partial charge is 0.256 e. The van der Waals surface area contributed by atoms with Crippen LogP contribution in [0.5, 0.6) is 0 Å². The highest BCUT2D eigenvalue weighted by Crippen LogP contribution is 2.26. The highest BCUT2D eigenvalue weighted by Gasteiger charge is 2.29. The molecule has 1 atom stereocenters. The highest BCUT2D eigenvalue weighted by atomic mass is 19.1. The number of benzene rings is 1. The molecule has 3 heterocycles. The first-order valence-electron chi connectivity index (χ1n) is 11.7. The third kappa shape index (κ3) is 5.31. The fourth-order valence-corrected chi connectivity index (χ4v) is 4.14. The number of anilines is 1. The SMILES string of the molecule is CCc1ncnc(-c2ccc(C(=O)N3CC[C@H](N(C)C)C3)c(F)c2)c1C#Cc1ccc(NC)nc1. The number of likely N-dealkylation sites (N-methyl/N-ethyl adjacent to an activating group) is 1. The van der Waals surface area contributed by atoms with E-state index in [1.807, 2.05) is 33.2 Å². The fourth-order valence-electron chi connectivity index (χ4n) is 4.14. The summed E-state index contributed by atoms with van der Waals surface area (Å²) in [6.45, 7) is 3.21. The van der Waals surface area contributed by atoms with Gasteiger partial charge in [0, 0.05) is 43.5 Å². The second kappa shape index (κ2) is 10.6. The maximum absolute atomic E-state index is 15.2. The zero-order valence-electron chi connectivity index (χ0n) is 20.5. The van der Waals surface area contributed by atoms with Crippen LogP contribution in [0.25, 0.3) is 11.3 Å². The van der Waals surface area contributed by atoms with Gasteiger partial charge >= 0.3 is 0 Å². The number of amides is 1. The largest absolute Gasteiger partial charge is 0.373 e. The Kier molecular flexibility index (Phi) is 7.37. The molecule has 0 unspecified atom stereocenters. The van der Waals surface area contributed by atoms with Crippen molar-refractivity contribution in [3.05, 3.63) is 71.1 Å². The first kappa shape index (κ1) is 24.3. The molecule has 2 aromatic heterocycles. The lowest BCUT2D eigenvalue weighted by Crippen LogP contribution is -2.34. The lowest BCUT2D eigenvalue weighted by molar-refractivity contribution is 0.0778. The lowest BCUT2D eigenvalue weighted by atomic mass is 10.0. The van der Waals surface area contributed by atoms with Crippen LogP contribution < -0.4 is 5.32 Å². The van der Waals surface area contributed by atoms with Gasteiger partial charge in [-0.05, 0) is 51.2 Å². The summed E-state index contributed by atoms with van der Waals surface area (Å²) in [5.41, 5.74) is 3.32. The van der Waals surface area contributed by atoms with Gasteiger partial charge in [0.2, 0.25) is 0 Å². The summed E-state index contributed by atoms with van der Waals surface area (Å²) in [5.74, 6) is 6.18. The molecule has 0 aliphatic carbocycles. The average Bonchev–Trinajstić information content (AvgIpc) is 3.38. The van der Waals surface area contributed by atoms with Crippen molar-refractivity contribution >= 4 is 11.7 Å². The highest BCUT2D eigenvalue weighted by molar-refractivity contribution is 5.95. The second-order valence-corrected chi connectivity index (χ2v) is 8.68. The average molecular weight is 473 g/mol. The third-order valence-corrected chi connectivity index (χ3v) is 6.27. The molecule has 1 aliphatic heterocycles. The van der Waals surface area contributed by atoms with Crippen molar-refractivity contribution in [2.75, 3.05) is 39.5 Å². The molecule has 4 rings (SSSR count). The summed E-state index contributed by atoms with van der Waals surface area (Å²) < 4.78 is 15.2. The second-order valence-electron chi connectivity index (χ2n) is 8.68. The minimum atomic E-state index is -0.566. The maximum atomic E-state index is 15.2. The van der Waals surface area contributed by atoms with Crippen LogP contribution in [0.1, 0.15) is 40.5 Å². The molecule has 35 heavy (non-hydrogen) atoms. The van der Waals surface area contributed by atoms with Crippen molar-refractivity contribution in [1.29, 1.82) is 0 Å². The van der Waals surface area contributed by atoms with Gasteiger partial charge in [-0.2, -0.15) is 0 Å². The Hall–Kier alpha value is -3.83. The van der Waals surface area contributed by atoms with Crippen molar-refractivity contribution in [2.24, 2.45) is 0 Å². The minimum absolute atomic E-state index is 0.0706. The number of nitrogens with one attached hydrogen (secondary N) is 1. The molecular formula is C27H29FN6O. The molecule has 1 N–H and O–H groups in total. The third-order valence-electron chi connectivity index (χ3n) is 6.27. The van der Waals surface area contributed by atoms with Gasteiger partial charge in [0.05, 0.1) is 22.5 Å². The van der Waals surface area contributed by atoms with Crippen molar-refractivity contribution in [3.63, 3.8) is 0 Å². The monoisotopic (exact) mass is 472 g/mol. The fraction of sp³-hybridized carbons (Fsp3) is 0.333. The van der Waals surface area contributed by atoms with Crippen LogP contribution in [0, 0.1) is 17.7 Å². The van der Waals surface area contributed by atoms with Gasteiger partial charge in [-0.15, -0.1) is 0 Å². The van der Waals surface area contributed by atoms with E-state index in [-0.39, 0.29) is 11.5 Å². The Balaban J connectivity index is 1.65. The van der Waals surface area contributed by atoms with Crippen LogP contribution in [0.4, 0.5) is 10.2 Å². The van der Waals surface area contributed by atoms with E-state index in [0.717, 1.165) is 23.5 Å². The quantitative estimate of drug-likeness (QED) is 0.574. The number of pyridine rings is 1. The van der Waals surface area contributed by atoms with Crippen LogP contribution in [-0.4, -0.2) is 70.9 Å². The molecule has 180 valence electrons. The number of carbonyl (C=O) groups is 1. The Morgan fingerprint density at radius 2 is 2.03 bits per heavy atom. The Labute approximate surface area is 205 Å². The maximum Gasteiger partial charge on any atom is 0.256 e. The van der Waals surface area contributed by atoms with E-state index in [1.165, 1.54) is 12.4 Å². The van der Waals surface area contributed by atoms with Gasteiger partial charge < -0.3 is 15.1 Å². The number of likely N-dealkylation sites (tertiary alicyclic amines) is 1. The molecule has 0 spiro atoms. The summed E-state index contributed by atoms with van der Waals surface area (Å²) in [6, 6.07) is 8.65. The first-order valence-corrected chi connectivity index (χ1v) is 11.7. The molecular weight excluding hydrogens is 443 g/mol. The number of hydrogen-bond donors (Lipinski definition) is 1. The molecule has 3 aromatic rings. The predicted octanol–water partition coefficient (Wildman–Crippen LogP) is 3.46. The van der Waals surface area contributed by atoms with Gasteiger partial charge in [-0.1, -0.05) is 24.8 Å². The van der Waals surface area contributed by atoms with E-state index in [4.69, 9.17) is 0 Å². The van der Waals surface area contributed by atoms with Crippen molar-refractivity contribution < 1.29 is 9.18 Å². The summed E-state index contributed by atoms with van der Waals surface area (Å²) in [4.78, 5) is 29.8. The Bertz CT molecular complexity index is 1280. The first-order chi connectivity index (χ1) is 16.9. The van der Waals surface area contributed by atoms with E-state index >= 15 is 4.39 Å². The zero-order valence-corrected chi connectivity index (χ0v) is 20.5. The van der Waals surface area contributed by atoms with Crippen molar-refractivity contribution in [1.82, 2.24) is 24.8 Å². The van der Waals surface area contributed by atoms with Crippen molar-refractivity contribution in [2.45, 2.75) is 25.8 Å². The molecule has 0 saturated carbocycles. The van der Waals surface area contributed by atoms with E-state index in [1.54, 1.807) is 30.3 Å². The number of carbonyl (C=O) groups excluding carboxylic acids is 1. The van der Waals surface area contributed by atoms with E-state index in [9.17, 15) is 4.79 Å². The van der Waals surface area contributed by atoms with E-state index in [2.05, 4.69) is 37.0 Å². The van der Waals surface area contributed by atoms with Gasteiger partial charge in [0.25, 0.3) is 5.91 Å². The molecule has 8 heteroatoms. The summed E-state index contributed by atoms with van der Waals surface area (Å²) in [6.07, 6.45) is 4.68. The summed E-state index contributed by atoms with van der Waals surface area (Å²) >= 11 is 0. The molecule has 7 nitrogen and oxygen atoms in total. The zero-order chi connectivity index (χ0) is 24.9. The molecule has 1 fully saturated rings. The van der Waals surface area contributed by atoms with Crippen LogP contribution in [0.2, 0.25) is 0 Å². The molecule has 1 aromatic carbocycles. The van der Waals surface area contributed by atoms with Gasteiger partial charge in [-0.3, -0.25) is 4.79 Å². The molecule has 1 saturated heterocycles. The van der Waals surface area contributed by atoms with E-state index < -0.39 is 5.82 Å². The summed E-state index contributed by atoms with van der Waals surface area (Å²) in [7, 11) is 5.79.